The Bertz CT molecular complexity index is 732. The number of nitrogens with two attached hydrogens (primary N) is 2. The lowest BCUT2D eigenvalue weighted by atomic mass is 10.1. The number of primary amides is 1. The van der Waals surface area contributed by atoms with E-state index in [0.29, 0.717) is 10.5 Å². The second-order valence-electron chi connectivity index (χ2n) is 4.68. The van der Waals surface area contributed by atoms with Crippen molar-refractivity contribution in [3.8, 4) is 0 Å². The van der Waals surface area contributed by atoms with Crippen LogP contribution in [0.15, 0.2) is 41.3 Å². The predicted octanol–water partition coefficient (Wildman–Crippen LogP) is 2.12. The summed E-state index contributed by atoms with van der Waals surface area (Å²) in [6, 6.07) is 8.77. The van der Waals surface area contributed by atoms with Crippen molar-refractivity contribution in [2.24, 2.45) is 5.73 Å². The Labute approximate surface area is 124 Å². The number of carbonyl (C=O) groups is 1. The summed E-state index contributed by atoms with van der Waals surface area (Å²) in [4.78, 5) is 11.5. The third-order valence-electron chi connectivity index (χ3n) is 3.13. The van der Waals surface area contributed by atoms with E-state index in [-0.39, 0.29) is 11.4 Å². The third kappa shape index (κ3) is 3.46. The van der Waals surface area contributed by atoms with Crippen LogP contribution in [0.1, 0.15) is 21.5 Å². The predicted molar refractivity (Wildman–Crippen MR) is 80.6 cm³/mol. The lowest BCUT2D eigenvalue weighted by molar-refractivity contribution is 0.1000. The normalized spacial score (nSPS) is 12.1. The van der Waals surface area contributed by atoms with Crippen LogP contribution >= 0.6 is 0 Å². The summed E-state index contributed by atoms with van der Waals surface area (Å²) in [5.74, 6) is -0.732. The SMILES string of the molecule is Cc1cc(C(N)=O)ccc1CS(=O)c1ccc(F)cc1N. The second kappa shape index (κ2) is 6.05. The number of carbonyl (C=O) groups excluding carboxylic acids is 1. The summed E-state index contributed by atoms with van der Waals surface area (Å²) in [5, 5.41) is 0. The molecule has 1 amide bonds. The van der Waals surface area contributed by atoms with E-state index in [1.165, 1.54) is 12.1 Å². The molecule has 0 saturated carbocycles. The molecule has 0 aliphatic rings. The van der Waals surface area contributed by atoms with Crippen molar-refractivity contribution in [2.75, 3.05) is 5.73 Å². The molecule has 1 unspecified atom stereocenters. The molecule has 0 saturated heterocycles. The van der Waals surface area contributed by atoms with Gasteiger partial charge in [0.25, 0.3) is 0 Å². The quantitative estimate of drug-likeness (QED) is 0.848. The summed E-state index contributed by atoms with van der Waals surface area (Å²) >= 11 is 0. The zero-order valence-electron chi connectivity index (χ0n) is 11.4. The monoisotopic (exact) mass is 306 g/mol. The molecular weight excluding hydrogens is 291 g/mol. The van der Waals surface area contributed by atoms with Gasteiger partial charge >= 0.3 is 0 Å². The number of anilines is 1. The number of aryl methyl sites for hydroxylation is 1. The first-order valence-electron chi connectivity index (χ1n) is 6.21. The maximum Gasteiger partial charge on any atom is 0.248 e. The molecule has 0 radical (unpaired) electrons. The number of hydrogen-bond acceptors (Lipinski definition) is 3. The second-order valence-corrected chi connectivity index (χ2v) is 6.10. The van der Waals surface area contributed by atoms with Crippen molar-refractivity contribution >= 4 is 22.4 Å². The van der Waals surface area contributed by atoms with E-state index < -0.39 is 22.5 Å². The van der Waals surface area contributed by atoms with Gasteiger partial charge in [-0.15, -0.1) is 0 Å². The molecular formula is C15H15FN2O2S. The van der Waals surface area contributed by atoms with Crippen LogP contribution in [0.3, 0.4) is 0 Å². The molecule has 6 heteroatoms. The Morgan fingerprint density at radius 1 is 1.24 bits per heavy atom. The van der Waals surface area contributed by atoms with Gasteiger partial charge in [0.2, 0.25) is 5.91 Å². The molecule has 1 atom stereocenters. The Hall–Kier alpha value is -2.21. The van der Waals surface area contributed by atoms with E-state index in [2.05, 4.69) is 0 Å². The third-order valence-corrected chi connectivity index (χ3v) is 4.57. The van der Waals surface area contributed by atoms with Gasteiger partial charge in [0.05, 0.1) is 27.1 Å². The van der Waals surface area contributed by atoms with Crippen molar-refractivity contribution in [3.63, 3.8) is 0 Å². The average molecular weight is 306 g/mol. The van der Waals surface area contributed by atoms with Gasteiger partial charge in [0.15, 0.2) is 0 Å². The summed E-state index contributed by atoms with van der Waals surface area (Å²) < 4.78 is 25.3. The highest BCUT2D eigenvalue weighted by Gasteiger charge is 2.12. The van der Waals surface area contributed by atoms with E-state index in [1.807, 2.05) is 6.92 Å². The number of benzene rings is 2. The topological polar surface area (TPSA) is 86.2 Å². The van der Waals surface area contributed by atoms with E-state index in [1.54, 1.807) is 18.2 Å². The van der Waals surface area contributed by atoms with Crippen LogP contribution in [0.25, 0.3) is 0 Å². The molecule has 4 N–H and O–H groups in total. The molecule has 0 bridgehead atoms. The van der Waals surface area contributed by atoms with Crippen LogP contribution in [0.4, 0.5) is 10.1 Å². The Morgan fingerprint density at radius 3 is 2.52 bits per heavy atom. The number of hydrogen-bond donors (Lipinski definition) is 2. The molecule has 0 aliphatic heterocycles. The van der Waals surface area contributed by atoms with Crippen molar-refractivity contribution in [3.05, 3.63) is 58.9 Å². The first-order valence-corrected chi connectivity index (χ1v) is 7.53. The van der Waals surface area contributed by atoms with Gasteiger partial charge in [0, 0.05) is 5.56 Å². The summed E-state index contributed by atoms with van der Waals surface area (Å²) in [7, 11) is -1.39. The molecule has 0 aliphatic carbocycles. The standard InChI is InChI=1S/C15H15FN2O2S/c1-9-6-10(15(18)19)2-3-11(9)8-21(20)14-5-4-12(16)7-13(14)17/h2-7H,8,17H2,1H3,(H2,18,19). The fraction of sp³-hybridized carbons (Fsp3) is 0.133. The Kier molecular flexibility index (Phi) is 4.37. The molecule has 0 aromatic heterocycles. The van der Waals surface area contributed by atoms with Gasteiger partial charge in [-0.2, -0.15) is 0 Å². The summed E-state index contributed by atoms with van der Waals surface area (Å²) in [6.07, 6.45) is 0. The zero-order chi connectivity index (χ0) is 15.6. The molecule has 21 heavy (non-hydrogen) atoms. The fourth-order valence-corrected chi connectivity index (χ4v) is 3.26. The molecule has 0 heterocycles. The average Bonchev–Trinajstić information content (AvgIpc) is 2.40. The van der Waals surface area contributed by atoms with Crippen LogP contribution in [0.5, 0.6) is 0 Å². The molecule has 2 aromatic carbocycles. The van der Waals surface area contributed by atoms with E-state index >= 15 is 0 Å². The van der Waals surface area contributed by atoms with Gasteiger partial charge in [-0.05, 0) is 48.4 Å². The Balaban J connectivity index is 2.25. The Morgan fingerprint density at radius 2 is 1.95 bits per heavy atom. The largest absolute Gasteiger partial charge is 0.398 e. The van der Waals surface area contributed by atoms with Crippen LogP contribution in [0.2, 0.25) is 0 Å². The van der Waals surface area contributed by atoms with E-state index in [9.17, 15) is 13.4 Å². The van der Waals surface area contributed by atoms with Crippen molar-refractivity contribution in [2.45, 2.75) is 17.6 Å². The van der Waals surface area contributed by atoms with Crippen molar-refractivity contribution in [1.29, 1.82) is 0 Å². The number of halogens is 1. The first kappa shape index (κ1) is 15.2. The number of nitrogen functional groups attached to an aromatic ring is 1. The van der Waals surface area contributed by atoms with Crippen LogP contribution < -0.4 is 11.5 Å². The van der Waals surface area contributed by atoms with E-state index in [4.69, 9.17) is 11.5 Å². The van der Waals surface area contributed by atoms with Gasteiger partial charge in [0.1, 0.15) is 5.82 Å². The molecule has 4 nitrogen and oxygen atoms in total. The maximum atomic E-state index is 13.0. The van der Waals surface area contributed by atoms with Gasteiger partial charge < -0.3 is 11.5 Å². The molecule has 2 rings (SSSR count). The van der Waals surface area contributed by atoms with Gasteiger partial charge in [-0.1, -0.05) is 6.07 Å². The highest BCUT2D eigenvalue weighted by atomic mass is 32.2. The fourth-order valence-electron chi connectivity index (χ4n) is 1.96. The van der Waals surface area contributed by atoms with Crippen LogP contribution in [0, 0.1) is 12.7 Å². The van der Waals surface area contributed by atoms with Crippen LogP contribution in [-0.2, 0) is 16.6 Å². The minimum absolute atomic E-state index is 0.166. The maximum absolute atomic E-state index is 13.0. The number of amides is 1. The molecule has 0 spiro atoms. The minimum Gasteiger partial charge on any atom is -0.398 e. The number of rotatable bonds is 4. The van der Waals surface area contributed by atoms with Crippen molar-refractivity contribution in [1.82, 2.24) is 0 Å². The minimum atomic E-state index is -1.39. The van der Waals surface area contributed by atoms with Gasteiger partial charge in [-0.25, -0.2) is 4.39 Å². The summed E-state index contributed by atoms with van der Waals surface area (Å²) in [6.45, 7) is 1.81. The summed E-state index contributed by atoms with van der Waals surface area (Å²) in [5.41, 5.74) is 13.1. The zero-order valence-corrected chi connectivity index (χ0v) is 12.2. The highest BCUT2D eigenvalue weighted by molar-refractivity contribution is 7.84. The molecule has 2 aromatic rings. The van der Waals surface area contributed by atoms with E-state index in [0.717, 1.165) is 17.2 Å². The van der Waals surface area contributed by atoms with Crippen molar-refractivity contribution < 1.29 is 13.4 Å². The smallest absolute Gasteiger partial charge is 0.248 e. The lowest BCUT2D eigenvalue weighted by Gasteiger charge is -2.09. The first-order chi connectivity index (χ1) is 9.88. The highest BCUT2D eigenvalue weighted by Crippen LogP contribution is 2.22. The molecule has 110 valence electrons. The molecule has 0 fully saturated rings. The van der Waals surface area contributed by atoms with Gasteiger partial charge in [-0.3, -0.25) is 9.00 Å². The van der Waals surface area contributed by atoms with Crippen LogP contribution in [-0.4, -0.2) is 10.1 Å². The lowest BCUT2D eigenvalue weighted by Crippen LogP contribution is -2.11.